The lowest BCUT2D eigenvalue weighted by Crippen LogP contribution is -2.33. The number of rotatable bonds is 8. The predicted octanol–water partition coefficient (Wildman–Crippen LogP) is 3.44. The van der Waals surface area contributed by atoms with Crippen molar-refractivity contribution in [2.24, 2.45) is 5.10 Å². The molecule has 0 saturated heterocycles. The lowest BCUT2D eigenvalue weighted by atomic mass is 10.1. The van der Waals surface area contributed by atoms with Gasteiger partial charge in [-0.3, -0.25) is 14.4 Å². The lowest BCUT2D eigenvalue weighted by molar-refractivity contribution is -0.136. The van der Waals surface area contributed by atoms with Crippen LogP contribution >= 0.6 is 0 Å². The molecule has 3 aromatic rings. The van der Waals surface area contributed by atoms with Gasteiger partial charge in [0.1, 0.15) is 11.5 Å². The third kappa shape index (κ3) is 6.67. The zero-order chi connectivity index (χ0) is 24.3. The van der Waals surface area contributed by atoms with Crippen LogP contribution in [0.25, 0.3) is 0 Å². The second kappa shape index (κ2) is 11.8. The van der Waals surface area contributed by atoms with Crippen molar-refractivity contribution in [1.29, 1.82) is 0 Å². The van der Waals surface area contributed by atoms with E-state index in [1.165, 1.54) is 12.3 Å². The van der Waals surface area contributed by atoms with E-state index in [2.05, 4.69) is 21.2 Å². The number of ether oxygens (including phenoxy) is 2. The summed E-state index contributed by atoms with van der Waals surface area (Å²) in [5.74, 6) is -1.08. The molecule has 0 aromatic heterocycles. The number of hydrazone groups is 1. The highest BCUT2D eigenvalue weighted by Gasteiger charge is 2.17. The van der Waals surface area contributed by atoms with Gasteiger partial charge >= 0.3 is 11.8 Å². The first-order valence-electron chi connectivity index (χ1n) is 10.4. The summed E-state index contributed by atoms with van der Waals surface area (Å²) >= 11 is 0. The van der Waals surface area contributed by atoms with Crippen LogP contribution in [0.2, 0.25) is 0 Å². The summed E-state index contributed by atoms with van der Waals surface area (Å²) in [6, 6.07) is 20.3. The Bertz CT molecular complexity index is 1190. The molecular formula is C25H24N4O5. The zero-order valence-corrected chi connectivity index (χ0v) is 18.7. The summed E-state index contributed by atoms with van der Waals surface area (Å²) < 4.78 is 10.5. The van der Waals surface area contributed by atoms with Crippen molar-refractivity contribution in [1.82, 2.24) is 5.43 Å². The smallest absolute Gasteiger partial charge is 0.329 e. The number of para-hydroxylation sites is 1. The predicted molar refractivity (Wildman–Crippen MR) is 129 cm³/mol. The van der Waals surface area contributed by atoms with Gasteiger partial charge in [-0.05, 0) is 61.0 Å². The Hall–Kier alpha value is -4.66. The molecule has 0 aliphatic carbocycles. The van der Waals surface area contributed by atoms with Crippen LogP contribution < -0.4 is 25.5 Å². The second-order valence-corrected chi connectivity index (χ2v) is 6.89. The zero-order valence-electron chi connectivity index (χ0n) is 18.7. The van der Waals surface area contributed by atoms with Gasteiger partial charge in [0, 0.05) is 5.69 Å². The van der Waals surface area contributed by atoms with Gasteiger partial charge in [-0.25, -0.2) is 5.43 Å². The van der Waals surface area contributed by atoms with Gasteiger partial charge in [-0.1, -0.05) is 24.3 Å². The minimum absolute atomic E-state index is 0.183. The standard InChI is InChI=1S/C25H24N4O5/c1-3-34-19-13-11-18(12-14-19)27-23(30)21-9-4-5-10-22(21)28-24(31)25(32)29-26-16-17-7-6-8-20(15-17)33-2/h4-16H,3H2,1-2H3,(H,27,30)(H,28,31)(H,29,32)/b26-16-. The van der Waals surface area contributed by atoms with Gasteiger partial charge in [0.15, 0.2) is 0 Å². The molecule has 9 nitrogen and oxygen atoms in total. The Morgan fingerprint density at radius 2 is 1.65 bits per heavy atom. The fourth-order valence-corrected chi connectivity index (χ4v) is 2.91. The van der Waals surface area contributed by atoms with E-state index in [1.54, 1.807) is 73.8 Å². The number of hydrogen-bond acceptors (Lipinski definition) is 6. The average Bonchev–Trinajstić information content (AvgIpc) is 2.85. The van der Waals surface area contributed by atoms with Gasteiger partial charge in [0.2, 0.25) is 0 Å². The topological polar surface area (TPSA) is 118 Å². The van der Waals surface area contributed by atoms with Crippen molar-refractivity contribution < 1.29 is 23.9 Å². The largest absolute Gasteiger partial charge is 0.497 e. The van der Waals surface area contributed by atoms with E-state index >= 15 is 0 Å². The highest BCUT2D eigenvalue weighted by Crippen LogP contribution is 2.20. The Labute approximate surface area is 196 Å². The Morgan fingerprint density at radius 1 is 0.882 bits per heavy atom. The number of carbonyl (C=O) groups is 3. The van der Waals surface area contributed by atoms with E-state index in [-0.39, 0.29) is 11.3 Å². The number of anilines is 2. The number of benzene rings is 3. The van der Waals surface area contributed by atoms with Gasteiger partial charge in [-0.15, -0.1) is 0 Å². The van der Waals surface area contributed by atoms with Crippen LogP contribution in [-0.4, -0.2) is 37.7 Å². The van der Waals surface area contributed by atoms with Crippen molar-refractivity contribution in [3.8, 4) is 11.5 Å². The number of nitrogens with zero attached hydrogens (tertiary/aromatic N) is 1. The molecule has 34 heavy (non-hydrogen) atoms. The van der Waals surface area contributed by atoms with Gasteiger partial charge in [0.05, 0.1) is 31.2 Å². The molecule has 0 radical (unpaired) electrons. The maximum Gasteiger partial charge on any atom is 0.329 e. The SMILES string of the molecule is CCOc1ccc(NC(=O)c2ccccc2NC(=O)C(=O)N/N=C\c2cccc(OC)c2)cc1. The molecule has 0 heterocycles. The average molecular weight is 460 g/mol. The lowest BCUT2D eigenvalue weighted by Gasteiger charge is -2.11. The molecule has 3 N–H and O–H groups in total. The van der Waals surface area contributed by atoms with Crippen LogP contribution in [0.3, 0.4) is 0 Å². The van der Waals surface area contributed by atoms with Crippen LogP contribution in [-0.2, 0) is 9.59 Å². The van der Waals surface area contributed by atoms with E-state index in [9.17, 15) is 14.4 Å². The van der Waals surface area contributed by atoms with Crippen LogP contribution in [0.5, 0.6) is 11.5 Å². The first-order valence-corrected chi connectivity index (χ1v) is 10.4. The molecule has 0 aliphatic rings. The summed E-state index contributed by atoms with van der Waals surface area (Å²) in [5.41, 5.74) is 3.77. The number of methoxy groups -OCH3 is 1. The van der Waals surface area contributed by atoms with Crippen LogP contribution in [0, 0.1) is 0 Å². The van der Waals surface area contributed by atoms with Crippen molar-refractivity contribution in [3.05, 3.63) is 83.9 Å². The van der Waals surface area contributed by atoms with Gasteiger partial charge < -0.3 is 20.1 Å². The fraction of sp³-hybridized carbons (Fsp3) is 0.120. The molecule has 0 aliphatic heterocycles. The van der Waals surface area contributed by atoms with E-state index in [0.29, 0.717) is 29.4 Å². The summed E-state index contributed by atoms with van der Waals surface area (Å²) in [5, 5.41) is 8.98. The number of hydrogen-bond donors (Lipinski definition) is 3. The maximum absolute atomic E-state index is 12.8. The fourth-order valence-electron chi connectivity index (χ4n) is 2.91. The molecule has 0 fully saturated rings. The molecule has 0 unspecified atom stereocenters. The molecule has 174 valence electrons. The summed E-state index contributed by atoms with van der Waals surface area (Å²) in [6.45, 7) is 2.42. The van der Waals surface area contributed by atoms with E-state index in [4.69, 9.17) is 9.47 Å². The maximum atomic E-state index is 12.8. The number of carbonyl (C=O) groups excluding carboxylic acids is 3. The first-order chi connectivity index (χ1) is 16.5. The van der Waals surface area contributed by atoms with Crippen molar-refractivity contribution in [2.45, 2.75) is 6.92 Å². The highest BCUT2D eigenvalue weighted by atomic mass is 16.5. The highest BCUT2D eigenvalue weighted by molar-refractivity contribution is 6.40. The van der Waals surface area contributed by atoms with Crippen molar-refractivity contribution in [2.75, 3.05) is 24.4 Å². The number of nitrogens with one attached hydrogen (secondary N) is 3. The molecule has 3 rings (SSSR count). The van der Waals surface area contributed by atoms with Crippen molar-refractivity contribution in [3.63, 3.8) is 0 Å². The van der Waals surface area contributed by atoms with Crippen LogP contribution in [0.15, 0.2) is 77.9 Å². The van der Waals surface area contributed by atoms with E-state index < -0.39 is 17.7 Å². The Kier molecular flexibility index (Phi) is 8.34. The first kappa shape index (κ1) is 24.0. The molecule has 0 saturated carbocycles. The van der Waals surface area contributed by atoms with Crippen LogP contribution in [0.1, 0.15) is 22.8 Å². The summed E-state index contributed by atoms with van der Waals surface area (Å²) in [7, 11) is 1.54. The minimum atomic E-state index is -0.985. The molecule has 3 amide bonds. The second-order valence-electron chi connectivity index (χ2n) is 6.89. The molecule has 3 aromatic carbocycles. The van der Waals surface area contributed by atoms with Crippen LogP contribution in [0.4, 0.5) is 11.4 Å². The van der Waals surface area contributed by atoms with Gasteiger partial charge in [-0.2, -0.15) is 5.10 Å². The van der Waals surface area contributed by atoms with E-state index in [1.807, 2.05) is 6.92 Å². The molecule has 0 atom stereocenters. The summed E-state index contributed by atoms with van der Waals surface area (Å²) in [6.07, 6.45) is 1.38. The normalized spacial score (nSPS) is 10.4. The summed E-state index contributed by atoms with van der Waals surface area (Å²) in [4.78, 5) is 37.2. The monoisotopic (exact) mass is 460 g/mol. The Balaban J connectivity index is 1.61. The minimum Gasteiger partial charge on any atom is -0.497 e. The third-order valence-corrected chi connectivity index (χ3v) is 4.52. The molecular weight excluding hydrogens is 436 g/mol. The van der Waals surface area contributed by atoms with E-state index in [0.717, 1.165) is 0 Å². The molecule has 9 heteroatoms. The molecule has 0 spiro atoms. The Morgan fingerprint density at radius 3 is 2.38 bits per heavy atom. The van der Waals surface area contributed by atoms with Crippen molar-refractivity contribution >= 4 is 35.3 Å². The number of amides is 3. The molecule has 0 bridgehead atoms. The van der Waals surface area contributed by atoms with Gasteiger partial charge in [0.25, 0.3) is 5.91 Å². The third-order valence-electron chi connectivity index (χ3n) is 4.52. The quantitative estimate of drug-likeness (QED) is 0.270.